The monoisotopic (exact) mass is 272 g/mol. The SMILES string of the molecule is CC(C)C1CCC(N)C(CN2CCc3ccccc32)C1. The number of benzene rings is 1. The minimum atomic E-state index is 0.401. The minimum absolute atomic E-state index is 0.401. The van der Waals surface area contributed by atoms with Crippen LogP contribution >= 0.6 is 0 Å². The molecule has 3 unspecified atom stereocenters. The van der Waals surface area contributed by atoms with Gasteiger partial charge in [-0.25, -0.2) is 0 Å². The minimum Gasteiger partial charge on any atom is -0.371 e. The van der Waals surface area contributed by atoms with Crippen molar-refractivity contribution in [1.29, 1.82) is 0 Å². The maximum Gasteiger partial charge on any atom is 0.0399 e. The molecule has 1 fully saturated rings. The van der Waals surface area contributed by atoms with E-state index in [2.05, 4.69) is 43.0 Å². The van der Waals surface area contributed by atoms with E-state index in [4.69, 9.17) is 5.73 Å². The van der Waals surface area contributed by atoms with Gasteiger partial charge < -0.3 is 10.6 Å². The molecule has 1 aromatic rings. The smallest absolute Gasteiger partial charge is 0.0399 e. The molecule has 1 aromatic carbocycles. The molecule has 20 heavy (non-hydrogen) atoms. The Morgan fingerprint density at radius 3 is 2.85 bits per heavy atom. The lowest BCUT2D eigenvalue weighted by atomic mass is 9.74. The molecule has 2 nitrogen and oxygen atoms in total. The van der Waals surface area contributed by atoms with Gasteiger partial charge in [0.15, 0.2) is 0 Å². The Hall–Kier alpha value is -1.02. The van der Waals surface area contributed by atoms with Crippen LogP contribution in [-0.4, -0.2) is 19.1 Å². The lowest BCUT2D eigenvalue weighted by Crippen LogP contribution is -2.43. The summed E-state index contributed by atoms with van der Waals surface area (Å²) in [7, 11) is 0. The molecule has 0 radical (unpaired) electrons. The quantitative estimate of drug-likeness (QED) is 0.913. The van der Waals surface area contributed by atoms with Crippen LogP contribution in [0.4, 0.5) is 5.69 Å². The highest BCUT2D eigenvalue weighted by Crippen LogP contribution is 2.36. The molecule has 1 heterocycles. The predicted molar refractivity (Wildman–Crippen MR) is 86.0 cm³/mol. The lowest BCUT2D eigenvalue weighted by Gasteiger charge is -2.38. The number of nitrogens with zero attached hydrogens (tertiary/aromatic N) is 1. The van der Waals surface area contributed by atoms with Gasteiger partial charge in [-0.1, -0.05) is 32.0 Å². The van der Waals surface area contributed by atoms with Crippen molar-refractivity contribution in [3.63, 3.8) is 0 Å². The summed E-state index contributed by atoms with van der Waals surface area (Å²) in [6, 6.07) is 9.26. The van der Waals surface area contributed by atoms with Crippen molar-refractivity contribution in [1.82, 2.24) is 0 Å². The molecule has 110 valence electrons. The van der Waals surface area contributed by atoms with E-state index in [0.717, 1.165) is 18.4 Å². The van der Waals surface area contributed by atoms with E-state index in [1.54, 1.807) is 0 Å². The van der Waals surface area contributed by atoms with Gasteiger partial charge in [0.1, 0.15) is 0 Å². The van der Waals surface area contributed by atoms with Gasteiger partial charge in [-0.15, -0.1) is 0 Å². The third-order valence-corrected chi connectivity index (χ3v) is 5.46. The normalized spacial score (nSPS) is 29.8. The van der Waals surface area contributed by atoms with Crippen LogP contribution in [0.5, 0.6) is 0 Å². The number of para-hydroxylation sites is 1. The molecule has 2 N–H and O–H groups in total. The molecule has 0 bridgehead atoms. The second-order valence-corrected chi connectivity index (χ2v) is 7.07. The molecule has 1 aliphatic carbocycles. The van der Waals surface area contributed by atoms with Gasteiger partial charge >= 0.3 is 0 Å². The van der Waals surface area contributed by atoms with Gasteiger partial charge in [0.05, 0.1) is 0 Å². The van der Waals surface area contributed by atoms with Gasteiger partial charge in [0, 0.05) is 24.8 Å². The van der Waals surface area contributed by atoms with E-state index in [1.807, 2.05) is 0 Å². The zero-order valence-electron chi connectivity index (χ0n) is 12.9. The number of fused-ring (bicyclic) bond motifs is 1. The molecule has 3 atom stereocenters. The maximum absolute atomic E-state index is 6.41. The largest absolute Gasteiger partial charge is 0.371 e. The topological polar surface area (TPSA) is 29.3 Å². The molecule has 0 saturated heterocycles. The highest BCUT2D eigenvalue weighted by molar-refractivity contribution is 5.57. The van der Waals surface area contributed by atoms with Crippen molar-refractivity contribution in [2.24, 2.45) is 23.5 Å². The Morgan fingerprint density at radius 1 is 1.25 bits per heavy atom. The van der Waals surface area contributed by atoms with E-state index < -0.39 is 0 Å². The summed E-state index contributed by atoms with van der Waals surface area (Å²) in [5.74, 6) is 2.34. The van der Waals surface area contributed by atoms with Crippen molar-refractivity contribution < 1.29 is 0 Å². The second kappa shape index (κ2) is 5.77. The molecule has 1 saturated carbocycles. The number of nitrogens with two attached hydrogens (primary N) is 1. The first-order valence-electron chi connectivity index (χ1n) is 8.23. The first kappa shape index (κ1) is 13.9. The average molecular weight is 272 g/mol. The molecule has 2 aliphatic rings. The fourth-order valence-corrected chi connectivity index (χ4v) is 4.02. The Balaban J connectivity index is 1.68. The van der Waals surface area contributed by atoms with Crippen molar-refractivity contribution in [3.05, 3.63) is 29.8 Å². The standard InChI is InChI=1S/C18H28N2/c1-13(2)15-7-8-17(19)16(11-15)12-20-10-9-14-5-3-4-6-18(14)20/h3-6,13,15-17H,7-12,19H2,1-2H3. The van der Waals surface area contributed by atoms with Crippen LogP contribution in [0.2, 0.25) is 0 Å². The van der Waals surface area contributed by atoms with E-state index in [0.29, 0.717) is 12.0 Å². The van der Waals surface area contributed by atoms with Gasteiger partial charge in [-0.05, 0) is 55.1 Å². The number of rotatable bonds is 3. The van der Waals surface area contributed by atoms with E-state index in [1.165, 1.54) is 43.5 Å². The summed E-state index contributed by atoms with van der Waals surface area (Å²) in [5, 5.41) is 0. The number of hydrogen-bond acceptors (Lipinski definition) is 2. The van der Waals surface area contributed by atoms with Crippen molar-refractivity contribution >= 4 is 5.69 Å². The van der Waals surface area contributed by atoms with Crippen LogP contribution in [0.1, 0.15) is 38.7 Å². The van der Waals surface area contributed by atoms with Crippen LogP contribution < -0.4 is 10.6 Å². The van der Waals surface area contributed by atoms with Gasteiger partial charge in [0.2, 0.25) is 0 Å². The average Bonchev–Trinajstić information content (AvgIpc) is 2.84. The third-order valence-electron chi connectivity index (χ3n) is 5.46. The molecule has 0 aromatic heterocycles. The van der Waals surface area contributed by atoms with E-state index >= 15 is 0 Å². The van der Waals surface area contributed by atoms with Crippen molar-refractivity contribution in [3.8, 4) is 0 Å². The van der Waals surface area contributed by atoms with Crippen molar-refractivity contribution in [2.75, 3.05) is 18.0 Å². The lowest BCUT2D eigenvalue weighted by molar-refractivity contribution is 0.193. The van der Waals surface area contributed by atoms with Gasteiger partial charge in [-0.2, -0.15) is 0 Å². The first-order valence-corrected chi connectivity index (χ1v) is 8.23. The molecule has 2 heteroatoms. The summed E-state index contributed by atoms with van der Waals surface area (Å²) in [6.07, 6.45) is 5.05. The highest BCUT2D eigenvalue weighted by Gasteiger charge is 2.32. The fourth-order valence-electron chi connectivity index (χ4n) is 4.02. The Kier molecular flexibility index (Phi) is 4.02. The summed E-state index contributed by atoms with van der Waals surface area (Å²) >= 11 is 0. The Morgan fingerprint density at radius 2 is 2.05 bits per heavy atom. The molecule has 3 rings (SSSR count). The molecular formula is C18H28N2. The first-order chi connectivity index (χ1) is 9.65. The summed E-state index contributed by atoms with van der Waals surface area (Å²) in [6.45, 7) is 7.06. The summed E-state index contributed by atoms with van der Waals surface area (Å²) in [4.78, 5) is 2.57. The molecule has 0 amide bonds. The van der Waals surface area contributed by atoms with Gasteiger partial charge in [0.25, 0.3) is 0 Å². The maximum atomic E-state index is 6.41. The zero-order valence-corrected chi connectivity index (χ0v) is 12.9. The van der Waals surface area contributed by atoms with E-state index in [9.17, 15) is 0 Å². The zero-order chi connectivity index (χ0) is 14.1. The highest BCUT2D eigenvalue weighted by atomic mass is 15.2. The summed E-state index contributed by atoms with van der Waals surface area (Å²) < 4.78 is 0. The molecular weight excluding hydrogens is 244 g/mol. The van der Waals surface area contributed by atoms with Gasteiger partial charge in [-0.3, -0.25) is 0 Å². The second-order valence-electron chi connectivity index (χ2n) is 7.07. The van der Waals surface area contributed by atoms with Crippen LogP contribution in [0, 0.1) is 17.8 Å². The third kappa shape index (κ3) is 2.71. The number of anilines is 1. The Bertz CT molecular complexity index is 454. The van der Waals surface area contributed by atoms with Crippen LogP contribution in [0.25, 0.3) is 0 Å². The molecule has 1 aliphatic heterocycles. The van der Waals surface area contributed by atoms with Crippen molar-refractivity contribution in [2.45, 2.75) is 45.6 Å². The summed E-state index contributed by atoms with van der Waals surface area (Å²) in [5.41, 5.74) is 9.37. The predicted octanol–water partition coefficient (Wildman–Crippen LogP) is 3.45. The number of hydrogen-bond donors (Lipinski definition) is 1. The molecule has 0 spiro atoms. The fraction of sp³-hybridized carbons (Fsp3) is 0.667. The van der Waals surface area contributed by atoms with Crippen LogP contribution in [0.15, 0.2) is 24.3 Å². The van der Waals surface area contributed by atoms with Crippen LogP contribution in [0.3, 0.4) is 0 Å². The van der Waals surface area contributed by atoms with Crippen LogP contribution in [-0.2, 0) is 6.42 Å². The van der Waals surface area contributed by atoms with E-state index in [-0.39, 0.29) is 0 Å². The Labute approximate surface area is 123 Å².